The van der Waals surface area contributed by atoms with Gasteiger partial charge in [-0.05, 0) is 41.3 Å². The Labute approximate surface area is 225 Å². The molecule has 1 atom stereocenters. The summed E-state index contributed by atoms with van der Waals surface area (Å²) in [6, 6.07) is 21.5. The van der Waals surface area contributed by atoms with Gasteiger partial charge >= 0.3 is 12.1 Å². The Morgan fingerprint density at radius 1 is 0.725 bits per heavy atom. The zero-order chi connectivity index (χ0) is 28.6. The van der Waals surface area contributed by atoms with Crippen molar-refractivity contribution in [3.63, 3.8) is 0 Å². The Morgan fingerprint density at radius 3 is 1.75 bits per heavy atom. The number of fused-ring (bicyclic) bond motifs is 3. The van der Waals surface area contributed by atoms with Gasteiger partial charge in [-0.1, -0.05) is 66.7 Å². The number of ether oxygens (including phenoxy) is 2. The van der Waals surface area contributed by atoms with Gasteiger partial charge in [0.1, 0.15) is 12.6 Å². The summed E-state index contributed by atoms with van der Waals surface area (Å²) in [6.45, 7) is 1.07. The van der Waals surface area contributed by atoms with Gasteiger partial charge in [0.15, 0.2) is 0 Å². The normalized spacial score (nSPS) is 12.8. The lowest BCUT2D eigenvalue weighted by atomic mass is 9.98. The van der Waals surface area contributed by atoms with Crippen molar-refractivity contribution in [3.8, 4) is 16.9 Å². The molecule has 0 fully saturated rings. The quantitative estimate of drug-likeness (QED) is 0.0838. The zero-order valence-corrected chi connectivity index (χ0v) is 20.8. The van der Waals surface area contributed by atoms with E-state index in [2.05, 4.69) is 4.74 Å². The third-order valence-electron chi connectivity index (χ3n) is 6.67. The minimum absolute atomic E-state index is 0.102. The second-order valence-electron chi connectivity index (χ2n) is 9.01. The van der Waals surface area contributed by atoms with E-state index in [9.17, 15) is 31.5 Å². The molecule has 0 spiro atoms. The lowest BCUT2D eigenvalue weighted by Crippen LogP contribution is -2.46. The molecule has 1 aliphatic rings. The first-order chi connectivity index (χ1) is 19.2. The summed E-state index contributed by atoms with van der Waals surface area (Å²) in [5.74, 6) is -15.1. The molecule has 4 aromatic rings. The van der Waals surface area contributed by atoms with Crippen LogP contribution >= 0.6 is 0 Å². The maximum atomic E-state index is 14.1. The van der Waals surface area contributed by atoms with Crippen LogP contribution in [0.4, 0.5) is 32.4 Å². The average Bonchev–Trinajstić information content (AvgIpc) is 3.30. The van der Waals surface area contributed by atoms with Gasteiger partial charge in [-0.25, -0.2) is 22.8 Å². The van der Waals surface area contributed by atoms with Crippen molar-refractivity contribution in [1.29, 1.82) is 0 Å². The highest BCUT2D eigenvalue weighted by atomic mass is 19.2. The summed E-state index contributed by atoms with van der Waals surface area (Å²) in [5.41, 5.74) is 4.06. The molecule has 0 saturated heterocycles. The van der Waals surface area contributed by atoms with Crippen LogP contribution in [0.1, 0.15) is 24.0 Å². The first-order valence-electron chi connectivity index (χ1n) is 12.1. The number of hydrogen-bond acceptors (Lipinski definition) is 4. The van der Waals surface area contributed by atoms with E-state index in [-0.39, 0.29) is 18.2 Å². The molecule has 10 heteroatoms. The Morgan fingerprint density at radius 2 is 1.20 bits per heavy atom. The average molecular weight is 553 g/mol. The van der Waals surface area contributed by atoms with Gasteiger partial charge in [0.2, 0.25) is 34.8 Å². The molecule has 5 nitrogen and oxygen atoms in total. The van der Waals surface area contributed by atoms with Crippen LogP contribution in [-0.4, -0.2) is 24.7 Å². The molecule has 0 aromatic heterocycles. The van der Waals surface area contributed by atoms with Gasteiger partial charge in [0, 0.05) is 11.6 Å². The number of carbonyl (C=O) groups excluding carboxylic acids is 2. The number of anilines is 1. The summed E-state index contributed by atoms with van der Waals surface area (Å²) in [4.78, 5) is 27.2. The topological polar surface area (TPSA) is 55.8 Å². The third kappa shape index (κ3) is 4.66. The predicted molar refractivity (Wildman–Crippen MR) is 135 cm³/mol. The first-order valence-corrected chi connectivity index (χ1v) is 12.1. The van der Waals surface area contributed by atoms with E-state index in [1.807, 2.05) is 48.5 Å². The first kappa shape index (κ1) is 26.9. The van der Waals surface area contributed by atoms with Crippen molar-refractivity contribution >= 4 is 17.7 Å². The molecule has 204 valence electrons. The molecule has 0 unspecified atom stereocenters. The lowest BCUT2D eigenvalue weighted by Gasteiger charge is -2.28. The minimum Gasteiger partial charge on any atom is -0.448 e. The maximum absolute atomic E-state index is 14.1. The van der Waals surface area contributed by atoms with Gasteiger partial charge in [-0.2, -0.15) is 8.78 Å². The van der Waals surface area contributed by atoms with Gasteiger partial charge in [-0.3, -0.25) is 4.90 Å². The Bertz CT molecular complexity index is 1540. The molecule has 5 rings (SSSR count). The standard InChI is InChI=1S/C30H20F5NO4/c1-16(29(37)40-28-26(34)24(32)23(31)25(33)27(28)35)36(17-9-3-2-4-10-17)30(38)39-15-22-20-13-7-5-11-18(20)19-12-6-8-14-21(19)22/h2-14,16,22H,15H2,1H3/t16-/m0/s1. The molecule has 0 radical (unpaired) electrons. The van der Waals surface area contributed by atoms with Crippen LogP contribution in [0.2, 0.25) is 0 Å². The molecule has 1 aliphatic carbocycles. The maximum Gasteiger partial charge on any atom is 0.415 e. The lowest BCUT2D eigenvalue weighted by molar-refractivity contribution is -0.136. The summed E-state index contributed by atoms with van der Waals surface area (Å²) in [7, 11) is 0. The fourth-order valence-electron chi connectivity index (χ4n) is 4.70. The molecule has 1 amide bonds. The fourth-order valence-corrected chi connectivity index (χ4v) is 4.70. The second-order valence-corrected chi connectivity index (χ2v) is 9.01. The van der Waals surface area contributed by atoms with E-state index in [0.717, 1.165) is 27.2 Å². The number of amides is 1. The molecular formula is C30H20F5NO4. The molecule has 0 aliphatic heterocycles. The number of rotatable bonds is 6. The number of para-hydroxylation sites is 1. The number of carbonyl (C=O) groups is 2. The SMILES string of the molecule is C[C@@H](C(=O)Oc1c(F)c(F)c(F)c(F)c1F)N(C(=O)OCC1c2ccccc2-c2ccccc21)c1ccccc1. The van der Waals surface area contributed by atoms with Crippen LogP contribution in [0, 0.1) is 29.1 Å². The smallest absolute Gasteiger partial charge is 0.415 e. The highest BCUT2D eigenvalue weighted by Gasteiger charge is 2.35. The Hall–Kier alpha value is -4.73. The number of esters is 1. The van der Waals surface area contributed by atoms with Crippen LogP contribution in [0.5, 0.6) is 5.75 Å². The number of nitrogens with zero attached hydrogens (tertiary/aromatic N) is 1. The van der Waals surface area contributed by atoms with Crippen molar-refractivity contribution < 1.29 is 41.0 Å². The number of halogens is 5. The summed E-state index contributed by atoms with van der Waals surface area (Å²) < 4.78 is 79.2. The van der Waals surface area contributed by atoms with Crippen molar-refractivity contribution in [2.45, 2.75) is 18.9 Å². The third-order valence-corrected chi connectivity index (χ3v) is 6.67. The zero-order valence-electron chi connectivity index (χ0n) is 20.8. The summed E-state index contributed by atoms with van der Waals surface area (Å²) in [6.07, 6.45) is -0.991. The minimum atomic E-state index is -2.40. The van der Waals surface area contributed by atoms with E-state index in [0.29, 0.717) is 0 Å². The number of benzene rings is 4. The van der Waals surface area contributed by atoms with E-state index >= 15 is 0 Å². The van der Waals surface area contributed by atoms with Gasteiger partial charge in [-0.15, -0.1) is 0 Å². The Kier molecular flexibility index (Phi) is 7.25. The van der Waals surface area contributed by atoms with Gasteiger partial charge < -0.3 is 9.47 Å². The molecule has 0 heterocycles. The van der Waals surface area contributed by atoms with Crippen LogP contribution < -0.4 is 9.64 Å². The predicted octanol–water partition coefficient (Wildman–Crippen LogP) is 7.13. The van der Waals surface area contributed by atoms with Gasteiger partial charge in [0.25, 0.3) is 0 Å². The van der Waals surface area contributed by atoms with Crippen LogP contribution in [-0.2, 0) is 9.53 Å². The molecule has 40 heavy (non-hydrogen) atoms. The van der Waals surface area contributed by atoms with Crippen molar-refractivity contribution in [3.05, 3.63) is 119 Å². The molecule has 0 saturated carbocycles. The highest BCUT2D eigenvalue weighted by Crippen LogP contribution is 2.44. The van der Waals surface area contributed by atoms with Crippen LogP contribution in [0.3, 0.4) is 0 Å². The second kappa shape index (κ2) is 10.8. The Balaban J connectivity index is 1.41. The van der Waals surface area contributed by atoms with E-state index in [1.165, 1.54) is 19.1 Å². The molecule has 0 bridgehead atoms. The van der Waals surface area contributed by atoms with E-state index in [4.69, 9.17) is 4.74 Å². The van der Waals surface area contributed by atoms with Gasteiger partial charge in [0.05, 0.1) is 0 Å². The van der Waals surface area contributed by atoms with Crippen LogP contribution in [0.25, 0.3) is 11.1 Å². The van der Waals surface area contributed by atoms with E-state index in [1.54, 1.807) is 18.2 Å². The van der Waals surface area contributed by atoms with Crippen molar-refractivity contribution in [2.24, 2.45) is 0 Å². The van der Waals surface area contributed by atoms with E-state index < -0.39 is 52.9 Å². The summed E-state index contributed by atoms with van der Waals surface area (Å²) >= 11 is 0. The molecular weight excluding hydrogens is 533 g/mol. The van der Waals surface area contributed by atoms with Crippen molar-refractivity contribution in [1.82, 2.24) is 0 Å². The largest absolute Gasteiger partial charge is 0.448 e. The molecule has 4 aromatic carbocycles. The fraction of sp³-hybridized carbons (Fsp3) is 0.133. The highest BCUT2D eigenvalue weighted by molar-refractivity contribution is 5.96. The summed E-state index contributed by atoms with van der Waals surface area (Å²) in [5, 5.41) is 0. The monoisotopic (exact) mass is 553 g/mol. The number of hydrogen-bond donors (Lipinski definition) is 0. The molecule has 0 N–H and O–H groups in total. The van der Waals surface area contributed by atoms with Crippen molar-refractivity contribution in [2.75, 3.05) is 11.5 Å². The van der Waals surface area contributed by atoms with Crippen LogP contribution in [0.15, 0.2) is 78.9 Å².